The van der Waals surface area contributed by atoms with Crippen LogP contribution in [0.3, 0.4) is 0 Å². The summed E-state index contributed by atoms with van der Waals surface area (Å²) in [6, 6.07) is 2.97. The number of halogens is 1. The van der Waals surface area contributed by atoms with Gasteiger partial charge in [-0.1, -0.05) is 23.7 Å². The number of aromatic nitrogens is 1. The first-order chi connectivity index (χ1) is 9.61. The molecule has 0 fully saturated rings. The molecule has 6 nitrogen and oxygen atoms in total. The molecule has 1 aliphatic heterocycles. The molecule has 0 aliphatic carbocycles. The van der Waals surface area contributed by atoms with E-state index in [0.717, 1.165) is 5.56 Å². The number of nitrogens with zero attached hydrogens (tertiary/aromatic N) is 1. The van der Waals surface area contributed by atoms with Crippen molar-refractivity contribution in [3.8, 4) is 22.8 Å². The number of carbonyl (C=O) groups is 1. The number of carboxylic acids is 1. The van der Waals surface area contributed by atoms with Crippen molar-refractivity contribution >= 4 is 17.6 Å². The molecule has 0 unspecified atom stereocenters. The summed E-state index contributed by atoms with van der Waals surface area (Å²) in [4.78, 5) is 10.9. The number of carboxylic acid groups (broad SMARTS) is 1. The third-order valence-corrected chi connectivity index (χ3v) is 3.34. The van der Waals surface area contributed by atoms with Crippen LogP contribution in [0.4, 0.5) is 0 Å². The minimum Gasteiger partial charge on any atom is -0.475 e. The third kappa shape index (κ3) is 1.89. The summed E-state index contributed by atoms with van der Waals surface area (Å²) in [5, 5.41) is 13.1. The van der Waals surface area contributed by atoms with Crippen LogP contribution < -0.4 is 9.47 Å². The molecule has 0 spiro atoms. The van der Waals surface area contributed by atoms with Gasteiger partial charge in [-0.15, -0.1) is 0 Å². The van der Waals surface area contributed by atoms with Crippen LogP contribution in [0.25, 0.3) is 11.3 Å². The van der Waals surface area contributed by atoms with E-state index >= 15 is 0 Å². The van der Waals surface area contributed by atoms with Gasteiger partial charge in [0.25, 0.3) is 0 Å². The van der Waals surface area contributed by atoms with Gasteiger partial charge >= 0.3 is 5.97 Å². The molecule has 2 heterocycles. The quantitative estimate of drug-likeness (QED) is 0.937. The monoisotopic (exact) mass is 295 g/mol. The number of benzene rings is 1. The van der Waals surface area contributed by atoms with E-state index in [1.165, 1.54) is 6.07 Å². The second kappa shape index (κ2) is 4.72. The van der Waals surface area contributed by atoms with Gasteiger partial charge in [0, 0.05) is 23.3 Å². The highest BCUT2D eigenvalue weighted by molar-refractivity contribution is 6.33. The van der Waals surface area contributed by atoms with Gasteiger partial charge in [-0.2, -0.15) is 0 Å². The predicted octanol–water partition coefficient (Wildman–Crippen LogP) is 2.98. The standard InChI is InChI=1S/C13H10ClNO5/c1-2-6-11(8-4-10(13(16)17)20-15-8)7(14)3-9-12(6)19-5-18-9/h3-4H,2,5H2,1H3,(H,16,17). The van der Waals surface area contributed by atoms with Crippen LogP contribution in [0.15, 0.2) is 16.7 Å². The van der Waals surface area contributed by atoms with Crippen molar-refractivity contribution in [1.29, 1.82) is 0 Å². The number of fused-ring (bicyclic) bond motifs is 1. The summed E-state index contributed by atoms with van der Waals surface area (Å²) in [6.07, 6.45) is 0.636. The second-order valence-electron chi connectivity index (χ2n) is 4.18. The maximum Gasteiger partial charge on any atom is 0.374 e. The van der Waals surface area contributed by atoms with E-state index in [1.807, 2.05) is 6.92 Å². The zero-order valence-electron chi connectivity index (χ0n) is 10.5. The molecule has 1 aromatic carbocycles. The SMILES string of the molecule is CCc1c2c(cc(Cl)c1-c1cc(C(=O)O)on1)OCO2. The van der Waals surface area contributed by atoms with Crippen LogP contribution >= 0.6 is 11.6 Å². The Morgan fingerprint density at radius 1 is 1.45 bits per heavy atom. The van der Waals surface area contributed by atoms with Crippen LogP contribution in [0, 0.1) is 0 Å². The maximum absolute atomic E-state index is 10.9. The average Bonchev–Trinajstić information content (AvgIpc) is 3.04. The van der Waals surface area contributed by atoms with Crippen molar-refractivity contribution in [3.05, 3.63) is 28.5 Å². The van der Waals surface area contributed by atoms with E-state index < -0.39 is 5.97 Å². The molecular weight excluding hydrogens is 286 g/mol. The summed E-state index contributed by atoms with van der Waals surface area (Å²) in [5.74, 6) is -0.223. The molecular formula is C13H10ClNO5. The Bertz CT molecular complexity index is 694. The fourth-order valence-corrected chi connectivity index (χ4v) is 2.49. The Morgan fingerprint density at radius 2 is 2.25 bits per heavy atom. The normalized spacial score (nSPS) is 12.7. The van der Waals surface area contributed by atoms with Crippen molar-refractivity contribution in [2.45, 2.75) is 13.3 Å². The highest BCUT2D eigenvalue weighted by Crippen LogP contribution is 2.45. The maximum atomic E-state index is 10.9. The molecule has 7 heteroatoms. The van der Waals surface area contributed by atoms with Crippen molar-refractivity contribution in [3.63, 3.8) is 0 Å². The van der Waals surface area contributed by atoms with Crippen LogP contribution in [0.1, 0.15) is 23.0 Å². The van der Waals surface area contributed by atoms with Gasteiger partial charge in [-0.3, -0.25) is 0 Å². The number of hydrogen-bond acceptors (Lipinski definition) is 5. The Morgan fingerprint density at radius 3 is 2.90 bits per heavy atom. The van der Waals surface area contributed by atoms with Crippen molar-refractivity contribution in [2.75, 3.05) is 6.79 Å². The molecule has 0 radical (unpaired) electrons. The van der Waals surface area contributed by atoms with E-state index in [-0.39, 0.29) is 12.6 Å². The number of rotatable bonds is 3. The zero-order chi connectivity index (χ0) is 14.3. The first-order valence-electron chi connectivity index (χ1n) is 5.93. The third-order valence-electron chi connectivity index (χ3n) is 3.04. The van der Waals surface area contributed by atoms with Gasteiger partial charge in [-0.25, -0.2) is 4.79 Å². The molecule has 0 saturated heterocycles. The molecule has 0 bridgehead atoms. The molecule has 0 atom stereocenters. The highest BCUT2D eigenvalue weighted by atomic mass is 35.5. The molecule has 3 rings (SSSR count). The highest BCUT2D eigenvalue weighted by Gasteiger charge is 2.25. The first kappa shape index (κ1) is 12.8. The van der Waals surface area contributed by atoms with E-state index in [4.69, 9.17) is 30.7 Å². The van der Waals surface area contributed by atoms with Gasteiger partial charge in [0.1, 0.15) is 5.69 Å². The van der Waals surface area contributed by atoms with Gasteiger partial charge in [0.2, 0.25) is 12.6 Å². The van der Waals surface area contributed by atoms with Gasteiger partial charge in [0.05, 0.1) is 5.02 Å². The lowest BCUT2D eigenvalue weighted by atomic mass is 10.0. The zero-order valence-corrected chi connectivity index (χ0v) is 11.2. The summed E-state index contributed by atoms with van der Waals surface area (Å²) in [7, 11) is 0. The fraction of sp³-hybridized carbons (Fsp3) is 0.231. The smallest absolute Gasteiger partial charge is 0.374 e. The van der Waals surface area contributed by atoms with Crippen LogP contribution in [0.2, 0.25) is 5.02 Å². The molecule has 0 saturated carbocycles. The topological polar surface area (TPSA) is 81.8 Å². The fourth-order valence-electron chi connectivity index (χ4n) is 2.18. The van der Waals surface area contributed by atoms with Gasteiger partial charge in [0.15, 0.2) is 11.5 Å². The summed E-state index contributed by atoms with van der Waals surface area (Å²) in [6.45, 7) is 2.08. The number of ether oxygens (including phenoxy) is 2. The largest absolute Gasteiger partial charge is 0.475 e. The Balaban J connectivity index is 2.19. The van der Waals surface area contributed by atoms with Gasteiger partial charge in [-0.05, 0) is 6.42 Å². The van der Waals surface area contributed by atoms with Gasteiger partial charge < -0.3 is 19.1 Å². The number of aromatic carboxylic acids is 1. The lowest BCUT2D eigenvalue weighted by Gasteiger charge is -2.10. The minimum absolute atomic E-state index is 0.140. The second-order valence-corrected chi connectivity index (χ2v) is 4.59. The molecule has 104 valence electrons. The van der Waals surface area contributed by atoms with E-state index in [0.29, 0.717) is 34.2 Å². The van der Waals surface area contributed by atoms with Crippen molar-refractivity contribution < 1.29 is 23.9 Å². The molecule has 20 heavy (non-hydrogen) atoms. The van der Waals surface area contributed by atoms with Crippen LogP contribution in [-0.2, 0) is 6.42 Å². The lowest BCUT2D eigenvalue weighted by Crippen LogP contribution is -1.95. The van der Waals surface area contributed by atoms with Crippen molar-refractivity contribution in [1.82, 2.24) is 5.16 Å². The van der Waals surface area contributed by atoms with Crippen LogP contribution in [0.5, 0.6) is 11.5 Å². The minimum atomic E-state index is -1.18. The summed E-state index contributed by atoms with van der Waals surface area (Å²) >= 11 is 6.25. The molecule has 0 amide bonds. The predicted molar refractivity (Wildman–Crippen MR) is 69.4 cm³/mol. The Kier molecular flexibility index (Phi) is 3.02. The Labute approximate surface area is 118 Å². The lowest BCUT2D eigenvalue weighted by molar-refractivity contribution is 0.0652. The summed E-state index contributed by atoms with van der Waals surface area (Å²) in [5.41, 5.74) is 1.78. The van der Waals surface area contributed by atoms with Crippen molar-refractivity contribution in [2.24, 2.45) is 0 Å². The Hall–Kier alpha value is -2.21. The molecule has 2 aromatic rings. The molecule has 1 N–H and O–H groups in total. The average molecular weight is 296 g/mol. The first-order valence-corrected chi connectivity index (χ1v) is 6.31. The summed E-state index contributed by atoms with van der Waals surface area (Å²) < 4.78 is 15.5. The van der Waals surface area contributed by atoms with E-state index in [2.05, 4.69) is 5.16 Å². The number of hydrogen-bond donors (Lipinski definition) is 1. The molecule has 1 aromatic heterocycles. The van der Waals surface area contributed by atoms with Crippen LogP contribution in [-0.4, -0.2) is 23.0 Å². The van der Waals surface area contributed by atoms with E-state index in [1.54, 1.807) is 6.07 Å². The molecule has 1 aliphatic rings. The van der Waals surface area contributed by atoms with E-state index in [9.17, 15) is 4.79 Å².